The number of methoxy groups -OCH3 is 2. The molecule has 0 bridgehead atoms. The number of hydrogen-bond acceptors (Lipinski definition) is 6. The molecule has 0 fully saturated rings. The summed E-state index contributed by atoms with van der Waals surface area (Å²) in [5, 5.41) is 17.9. The number of carbonyl (C=O) groups is 1. The highest BCUT2D eigenvalue weighted by Crippen LogP contribution is 2.37. The van der Waals surface area contributed by atoms with Crippen molar-refractivity contribution in [3.8, 4) is 17.2 Å². The Hall–Kier alpha value is -3.74. The maximum Gasteiger partial charge on any atom is 0.243 e. The fraction of sp³-hybridized carbons (Fsp3) is 0.400. The first kappa shape index (κ1) is 26.3. The van der Waals surface area contributed by atoms with Gasteiger partial charge >= 0.3 is 0 Å². The number of benzene rings is 2. The fourth-order valence-corrected chi connectivity index (χ4v) is 4.84. The smallest absolute Gasteiger partial charge is 0.243 e. The summed E-state index contributed by atoms with van der Waals surface area (Å²) in [5.41, 5.74) is 5.74. The van der Waals surface area contributed by atoms with E-state index in [1.165, 1.54) is 55.5 Å². The molecule has 4 rings (SSSR count). The van der Waals surface area contributed by atoms with Gasteiger partial charge in [0.15, 0.2) is 11.5 Å². The largest absolute Gasteiger partial charge is 0.502 e. The van der Waals surface area contributed by atoms with E-state index in [1.807, 2.05) is 0 Å². The molecule has 1 amide bonds. The maximum absolute atomic E-state index is 12.2. The van der Waals surface area contributed by atoms with Crippen molar-refractivity contribution in [1.82, 2.24) is 10.3 Å². The molecular weight excluding hydrogens is 466 g/mol. The summed E-state index contributed by atoms with van der Waals surface area (Å²) in [6.45, 7) is 1.58. The van der Waals surface area contributed by atoms with Gasteiger partial charge in [0.25, 0.3) is 0 Å². The van der Waals surface area contributed by atoms with Crippen LogP contribution in [0.3, 0.4) is 0 Å². The molecule has 7 nitrogen and oxygen atoms in total. The summed E-state index contributed by atoms with van der Waals surface area (Å²) in [4.78, 5) is 17.1. The van der Waals surface area contributed by atoms with Crippen LogP contribution in [0.1, 0.15) is 55.3 Å². The Bertz CT molecular complexity index is 1230. The Kier molecular flexibility index (Phi) is 9.24. The first-order valence-electron chi connectivity index (χ1n) is 13.2. The molecule has 3 N–H and O–H groups in total. The number of aryl methyl sites for hydroxylation is 1. The molecule has 196 valence electrons. The van der Waals surface area contributed by atoms with Gasteiger partial charge in [-0.3, -0.25) is 9.78 Å². The SMILES string of the molecule is COc1cc(/C=C/C(=O)NCCCCCCNc2c3c(nc4ccccc24)CCCC3)cc(OC)c1O. The van der Waals surface area contributed by atoms with E-state index in [1.54, 1.807) is 18.2 Å². The van der Waals surface area contributed by atoms with Crippen molar-refractivity contribution in [3.63, 3.8) is 0 Å². The van der Waals surface area contributed by atoms with Gasteiger partial charge in [0.2, 0.25) is 11.7 Å². The number of phenols is 1. The van der Waals surface area contributed by atoms with Gasteiger partial charge in [0.1, 0.15) is 0 Å². The molecule has 1 heterocycles. The molecular formula is C30H37N3O4. The number of aromatic hydroxyl groups is 1. The highest BCUT2D eigenvalue weighted by molar-refractivity contribution is 5.93. The standard InChI is InChI=1S/C30H37N3O4/c1-36-26-19-21(20-27(37-2)30(26)35)15-16-28(34)31-17-9-3-4-10-18-32-29-22-11-5-7-13-24(22)33-25-14-8-6-12-23(25)29/h5,7,11,13,15-16,19-20,35H,3-4,6,8-10,12,14,17-18H2,1-2H3,(H,31,34)(H,32,33)/b16-15+. The Morgan fingerprint density at radius 1 is 1.00 bits per heavy atom. The van der Waals surface area contributed by atoms with Crippen LogP contribution in [0, 0.1) is 0 Å². The molecule has 1 aliphatic carbocycles. The fourth-order valence-electron chi connectivity index (χ4n) is 4.84. The number of aromatic nitrogens is 1. The molecule has 0 atom stereocenters. The first-order valence-corrected chi connectivity index (χ1v) is 13.2. The van der Waals surface area contributed by atoms with Crippen LogP contribution in [0.5, 0.6) is 17.2 Å². The predicted molar refractivity (Wildman–Crippen MR) is 149 cm³/mol. The van der Waals surface area contributed by atoms with Crippen molar-refractivity contribution in [1.29, 1.82) is 0 Å². The van der Waals surface area contributed by atoms with E-state index in [0.29, 0.717) is 23.6 Å². The minimum Gasteiger partial charge on any atom is -0.502 e. The van der Waals surface area contributed by atoms with Gasteiger partial charge in [-0.1, -0.05) is 31.0 Å². The lowest BCUT2D eigenvalue weighted by Crippen LogP contribution is -2.22. The van der Waals surface area contributed by atoms with Crippen molar-refractivity contribution >= 4 is 28.6 Å². The van der Waals surface area contributed by atoms with Crippen molar-refractivity contribution in [2.24, 2.45) is 0 Å². The van der Waals surface area contributed by atoms with E-state index in [9.17, 15) is 9.90 Å². The number of para-hydroxylation sites is 1. The molecule has 0 unspecified atom stereocenters. The summed E-state index contributed by atoms with van der Waals surface area (Å²) < 4.78 is 10.3. The number of carbonyl (C=O) groups excluding carboxylic acids is 1. The van der Waals surface area contributed by atoms with E-state index in [-0.39, 0.29) is 11.7 Å². The lowest BCUT2D eigenvalue weighted by molar-refractivity contribution is -0.116. The van der Waals surface area contributed by atoms with Crippen LogP contribution >= 0.6 is 0 Å². The number of pyridine rings is 1. The number of nitrogens with zero attached hydrogens (tertiary/aromatic N) is 1. The average molecular weight is 504 g/mol. The van der Waals surface area contributed by atoms with Crippen LogP contribution in [0.25, 0.3) is 17.0 Å². The van der Waals surface area contributed by atoms with E-state index in [4.69, 9.17) is 14.5 Å². The van der Waals surface area contributed by atoms with Crippen molar-refractivity contribution in [3.05, 3.63) is 59.3 Å². The third-order valence-corrected chi connectivity index (χ3v) is 6.80. The van der Waals surface area contributed by atoms with E-state index >= 15 is 0 Å². The van der Waals surface area contributed by atoms with Crippen molar-refractivity contribution < 1.29 is 19.4 Å². The Morgan fingerprint density at radius 3 is 2.46 bits per heavy atom. The molecule has 1 aliphatic rings. The number of rotatable bonds is 12. The lowest BCUT2D eigenvalue weighted by atomic mass is 9.92. The molecule has 0 radical (unpaired) electrons. The molecule has 7 heteroatoms. The lowest BCUT2D eigenvalue weighted by Gasteiger charge is -2.21. The van der Waals surface area contributed by atoms with Gasteiger partial charge in [-0.15, -0.1) is 0 Å². The second-order valence-electron chi connectivity index (χ2n) is 9.38. The number of anilines is 1. The summed E-state index contributed by atoms with van der Waals surface area (Å²) >= 11 is 0. The maximum atomic E-state index is 12.2. The van der Waals surface area contributed by atoms with Gasteiger partial charge in [0.05, 0.1) is 19.7 Å². The molecule has 37 heavy (non-hydrogen) atoms. The van der Waals surface area contributed by atoms with Gasteiger partial charge in [-0.25, -0.2) is 0 Å². The highest BCUT2D eigenvalue weighted by Gasteiger charge is 2.17. The monoisotopic (exact) mass is 503 g/mol. The summed E-state index contributed by atoms with van der Waals surface area (Å²) in [6.07, 6.45) is 12.0. The zero-order valence-electron chi connectivity index (χ0n) is 21.8. The highest BCUT2D eigenvalue weighted by atomic mass is 16.5. The summed E-state index contributed by atoms with van der Waals surface area (Å²) in [6, 6.07) is 11.7. The first-order chi connectivity index (χ1) is 18.1. The molecule has 0 aliphatic heterocycles. The summed E-state index contributed by atoms with van der Waals surface area (Å²) in [7, 11) is 2.94. The number of hydrogen-bond donors (Lipinski definition) is 3. The van der Waals surface area contributed by atoms with Crippen LogP contribution in [0.15, 0.2) is 42.5 Å². The van der Waals surface area contributed by atoms with Crippen LogP contribution < -0.4 is 20.1 Å². The van der Waals surface area contributed by atoms with Crippen molar-refractivity contribution in [2.75, 3.05) is 32.6 Å². The van der Waals surface area contributed by atoms with Gasteiger partial charge in [-0.2, -0.15) is 0 Å². The molecule has 3 aromatic rings. The van der Waals surface area contributed by atoms with Crippen LogP contribution in [0.2, 0.25) is 0 Å². The zero-order chi connectivity index (χ0) is 26.0. The van der Waals surface area contributed by atoms with E-state index in [0.717, 1.165) is 50.6 Å². The Morgan fingerprint density at radius 2 is 1.70 bits per heavy atom. The van der Waals surface area contributed by atoms with Crippen molar-refractivity contribution in [2.45, 2.75) is 51.4 Å². The van der Waals surface area contributed by atoms with Gasteiger partial charge in [0, 0.05) is 35.9 Å². The second-order valence-corrected chi connectivity index (χ2v) is 9.38. The van der Waals surface area contributed by atoms with E-state index in [2.05, 4.69) is 34.9 Å². The molecule has 2 aromatic carbocycles. The molecule has 0 spiro atoms. The Labute approximate surface area is 218 Å². The predicted octanol–water partition coefficient (Wildman–Crippen LogP) is 5.64. The number of phenolic OH excluding ortho intramolecular Hbond substituents is 1. The molecule has 0 saturated heterocycles. The van der Waals surface area contributed by atoms with Crippen LogP contribution in [-0.2, 0) is 17.6 Å². The van der Waals surface area contributed by atoms with Gasteiger partial charge < -0.3 is 25.2 Å². The van der Waals surface area contributed by atoms with Crippen LogP contribution in [-0.4, -0.2) is 43.3 Å². The quantitative estimate of drug-likeness (QED) is 0.219. The number of nitrogens with one attached hydrogen (secondary N) is 2. The van der Waals surface area contributed by atoms with Crippen LogP contribution in [0.4, 0.5) is 5.69 Å². The second kappa shape index (κ2) is 13.0. The Balaban J connectivity index is 1.18. The average Bonchev–Trinajstić information content (AvgIpc) is 2.93. The van der Waals surface area contributed by atoms with Gasteiger partial charge in [-0.05, 0) is 73.9 Å². The number of ether oxygens (including phenoxy) is 2. The molecule has 0 saturated carbocycles. The minimum absolute atomic E-state index is 0.0599. The number of unbranched alkanes of at least 4 members (excludes halogenated alkanes) is 3. The normalized spacial score (nSPS) is 12.9. The molecule has 1 aromatic heterocycles. The topological polar surface area (TPSA) is 92.7 Å². The summed E-state index contributed by atoms with van der Waals surface area (Å²) in [5.74, 6) is 0.383. The minimum atomic E-state index is -0.151. The zero-order valence-corrected chi connectivity index (χ0v) is 21.8. The van der Waals surface area contributed by atoms with E-state index < -0.39 is 0 Å². The number of fused-ring (bicyclic) bond motifs is 2. The number of amides is 1. The third-order valence-electron chi connectivity index (χ3n) is 6.80. The third kappa shape index (κ3) is 6.73.